The zero-order valence-corrected chi connectivity index (χ0v) is 33.0. The smallest absolute Gasteiger partial charge is 0.271 e. The molecule has 5 amide bonds. The van der Waals surface area contributed by atoms with Crippen LogP contribution in [0, 0.1) is 24.2 Å². The van der Waals surface area contributed by atoms with Crippen molar-refractivity contribution < 1.29 is 33.1 Å². The number of carbonyl (C=O) groups excluding carboxylic acids is 5. The number of amides is 5. The number of aromatic nitrogens is 2. The first kappa shape index (κ1) is 38.8. The van der Waals surface area contributed by atoms with Crippen molar-refractivity contribution in [2.24, 2.45) is 11.8 Å². The van der Waals surface area contributed by atoms with Crippen LogP contribution in [0.5, 0.6) is 5.75 Å². The van der Waals surface area contributed by atoms with E-state index in [1.54, 1.807) is 30.6 Å². The first-order valence-electron chi connectivity index (χ1n) is 20.3. The van der Waals surface area contributed by atoms with Crippen LogP contribution in [0.3, 0.4) is 0 Å². The Hall–Kier alpha value is -5.66. The molecule has 4 saturated heterocycles. The van der Waals surface area contributed by atoms with Crippen LogP contribution in [0.15, 0.2) is 42.7 Å². The molecule has 5 fully saturated rings. The van der Waals surface area contributed by atoms with Crippen LogP contribution in [0.25, 0.3) is 4.85 Å². The molecule has 15 nitrogen and oxygen atoms in total. The predicted molar refractivity (Wildman–Crippen MR) is 213 cm³/mol. The first-order chi connectivity index (χ1) is 28.5. The number of benzene rings is 2. The molecule has 3 atom stereocenters. The number of ether oxygens (including phenoxy) is 1. The summed E-state index contributed by atoms with van der Waals surface area (Å²) in [7, 11) is 0. The number of carbonyl (C=O) groups is 5. The molecule has 6 aliphatic rings. The zero-order valence-electron chi connectivity index (χ0n) is 32.2. The third kappa shape index (κ3) is 7.57. The molecule has 306 valence electrons. The number of nitrogens with one attached hydrogen (secondary N) is 2. The molecule has 6 heterocycles. The van der Waals surface area contributed by atoms with Gasteiger partial charge in [-0.1, -0.05) is 17.7 Å². The molecular formula is C42H43ClFN9O6. The van der Waals surface area contributed by atoms with E-state index in [1.807, 2.05) is 4.90 Å². The van der Waals surface area contributed by atoms with E-state index in [0.29, 0.717) is 47.4 Å². The molecule has 3 unspecified atom stereocenters. The van der Waals surface area contributed by atoms with E-state index in [0.717, 1.165) is 81.5 Å². The van der Waals surface area contributed by atoms with Crippen LogP contribution < -0.4 is 25.2 Å². The van der Waals surface area contributed by atoms with Crippen LogP contribution in [-0.2, 0) is 9.59 Å². The van der Waals surface area contributed by atoms with Gasteiger partial charge in [0.25, 0.3) is 17.7 Å². The predicted octanol–water partition coefficient (Wildman–Crippen LogP) is 4.38. The van der Waals surface area contributed by atoms with Gasteiger partial charge in [-0.3, -0.25) is 39.1 Å². The lowest BCUT2D eigenvalue weighted by atomic mass is 9.93. The van der Waals surface area contributed by atoms with Gasteiger partial charge in [0.05, 0.1) is 46.9 Å². The molecule has 1 saturated carbocycles. The highest BCUT2D eigenvalue weighted by Gasteiger charge is 2.46. The van der Waals surface area contributed by atoms with Crippen molar-refractivity contribution in [2.45, 2.75) is 75.6 Å². The maximum atomic E-state index is 15.5. The van der Waals surface area contributed by atoms with Crippen LogP contribution in [-0.4, -0.2) is 113 Å². The molecule has 2 aromatic carbocycles. The van der Waals surface area contributed by atoms with E-state index in [1.165, 1.54) is 6.07 Å². The van der Waals surface area contributed by atoms with Gasteiger partial charge in [0.1, 0.15) is 29.1 Å². The van der Waals surface area contributed by atoms with Gasteiger partial charge in [-0.25, -0.2) is 19.2 Å². The van der Waals surface area contributed by atoms with E-state index >= 15 is 4.39 Å². The van der Waals surface area contributed by atoms with E-state index in [4.69, 9.17) is 22.9 Å². The summed E-state index contributed by atoms with van der Waals surface area (Å²) >= 11 is 6.15. The van der Waals surface area contributed by atoms with Gasteiger partial charge in [-0.05, 0) is 81.0 Å². The fourth-order valence-corrected chi connectivity index (χ4v) is 9.95. The van der Waals surface area contributed by atoms with Crippen molar-refractivity contribution in [1.29, 1.82) is 0 Å². The van der Waals surface area contributed by atoms with E-state index in [9.17, 15) is 24.0 Å². The number of fused-ring (bicyclic) bond motifs is 2. The van der Waals surface area contributed by atoms with Gasteiger partial charge in [0.2, 0.25) is 17.5 Å². The Morgan fingerprint density at radius 1 is 0.881 bits per heavy atom. The van der Waals surface area contributed by atoms with Crippen LogP contribution >= 0.6 is 11.6 Å². The highest BCUT2D eigenvalue weighted by atomic mass is 35.5. The molecule has 1 aromatic heterocycles. The summed E-state index contributed by atoms with van der Waals surface area (Å²) in [5.41, 5.74) is 0.963. The quantitative estimate of drug-likeness (QED) is 0.245. The summed E-state index contributed by atoms with van der Waals surface area (Å²) in [6.07, 6.45) is 8.07. The molecular weight excluding hydrogens is 781 g/mol. The number of hydrogen-bond donors (Lipinski definition) is 2. The Bertz CT molecular complexity index is 2240. The highest BCUT2D eigenvalue weighted by Crippen LogP contribution is 2.38. The second-order valence-corrected chi connectivity index (χ2v) is 16.9. The number of nitrogens with zero attached hydrogens (tertiary/aromatic N) is 7. The minimum atomic E-state index is -1.10. The number of likely N-dealkylation sites (tertiary alicyclic amines) is 1. The van der Waals surface area contributed by atoms with Crippen molar-refractivity contribution in [3.8, 4) is 5.75 Å². The van der Waals surface area contributed by atoms with Crippen molar-refractivity contribution in [3.05, 3.63) is 81.8 Å². The Morgan fingerprint density at radius 2 is 1.59 bits per heavy atom. The zero-order chi connectivity index (χ0) is 40.9. The third-order valence-corrected chi connectivity index (χ3v) is 13.2. The van der Waals surface area contributed by atoms with Crippen molar-refractivity contribution in [1.82, 2.24) is 30.4 Å². The average Bonchev–Trinajstić information content (AvgIpc) is 3.89. The third-order valence-electron chi connectivity index (χ3n) is 12.9. The molecule has 0 spiro atoms. The Balaban J connectivity index is 0.728. The number of halogens is 2. The largest absolute Gasteiger partial charge is 0.490 e. The molecule has 2 N–H and O–H groups in total. The van der Waals surface area contributed by atoms with Crippen LogP contribution in [0.1, 0.15) is 82.6 Å². The van der Waals surface area contributed by atoms with Gasteiger partial charge >= 0.3 is 0 Å². The molecule has 3 aromatic rings. The van der Waals surface area contributed by atoms with Gasteiger partial charge in [-0.2, -0.15) is 0 Å². The molecule has 0 radical (unpaired) electrons. The van der Waals surface area contributed by atoms with Gasteiger partial charge in [0, 0.05) is 57.8 Å². The SMILES string of the molecule is [C-]#[N+]c1ccc(OC2CCC(NC(=O)c3cnc(N4CC5CN(C6CCN(c7cc8c(cc7F)C(=O)N(C7CCC(=O)NC7=O)C8=O)CC6)CC5C4)cn3)CC2)cc1Cl. The summed E-state index contributed by atoms with van der Waals surface area (Å²) < 4.78 is 21.6. The van der Waals surface area contributed by atoms with E-state index in [2.05, 4.69) is 35.2 Å². The summed E-state index contributed by atoms with van der Waals surface area (Å²) in [5, 5.41) is 5.66. The van der Waals surface area contributed by atoms with Crippen LogP contribution in [0.2, 0.25) is 5.02 Å². The fraction of sp³-hybridized carbons (Fsp3) is 0.476. The molecule has 9 rings (SSSR count). The molecule has 1 aliphatic carbocycles. The minimum Gasteiger partial charge on any atom is -0.490 e. The van der Waals surface area contributed by atoms with Gasteiger partial charge in [0.15, 0.2) is 0 Å². The first-order valence-corrected chi connectivity index (χ1v) is 20.7. The Kier molecular flexibility index (Phi) is 10.4. The second-order valence-electron chi connectivity index (χ2n) is 16.4. The normalized spacial score (nSPS) is 26.1. The van der Waals surface area contributed by atoms with Gasteiger partial charge in [-0.15, -0.1) is 0 Å². The second kappa shape index (κ2) is 15.8. The lowest BCUT2D eigenvalue weighted by Crippen LogP contribution is -2.54. The molecule has 17 heteroatoms. The monoisotopic (exact) mass is 823 g/mol. The standard InChI is InChI=1S/C42H43ClFN9O6/c1-45-33-7-6-28(14-31(33)43)59-27-4-2-25(3-5-27)48-39(55)34-17-47-37(18-46-34)52-21-23-19-51(20-24(23)22-52)26-10-12-50(13-11-26)36-16-30-29(15-32(36)44)41(57)53(42(30)58)35-8-9-38(54)49-40(35)56/h6-7,14-18,23-27,35H,2-5,8-13,19-22H2,(H,48,55)(H,49,54,56). The lowest BCUT2D eigenvalue weighted by molar-refractivity contribution is -0.136. The number of piperidine rings is 2. The fourth-order valence-electron chi connectivity index (χ4n) is 9.74. The highest BCUT2D eigenvalue weighted by molar-refractivity contribution is 6.33. The summed E-state index contributed by atoms with van der Waals surface area (Å²) in [4.78, 5) is 83.7. The summed E-state index contributed by atoms with van der Waals surface area (Å²) in [6, 6.07) is 6.89. The number of rotatable bonds is 8. The van der Waals surface area contributed by atoms with Crippen molar-refractivity contribution in [2.75, 3.05) is 49.1 Å². The van der Waals surface area contributed by atoms with E-state index in [-0.39, 0.29) is 53.4 Å². The lowest BCUT2D eigenvalue weighted by Gasteiger charge is -2.38. The maximum Gasteiger partial charge on any atom is 0.271 e. The molecule has 5 aliphatic heterocycles. The van der Waals surface area contributed by atoms with Crippen molar-refractivity contribution in [3.63, 3.8) is 0 Å². The minimum absolute atomic E-state index is 0.0114. The number of hydrogen-bond acceptors (Lipinski definition) is 11. The van der Waals surface area contributed by atoms with Crippen LogP contribution in [0.4, 0.5) is 21.6 Å². The summed E-state index contributed by atoms with van der Waals surface area (Å²) in [5.74, 6) is -1.01. The maximum absolute atomic E-state index is 15.5. The Morgan fingerprint density at radius 3 is 2.24 bits per heavy atom. The molecule has 0 bridgehead atoms. The topological polar surface area (TPSA) is 162 Å². The van der Waals surface area contributed by atoms with Gasteiger partial charge < -0.3 is 19.9 Å². The number of anilines is 2. The summed E-state index contributed by atoms with van der Waals surface area (Å²) in [6.45, 7) is 12.0. The Labute approximate surface area is 345 Å². The average molecular weight is 824 g/mol. The molecule has 59 heavy (non-hydrogen) atoms. The van der Waals surface area contributed by atoms with E-state index < -0.39 is 35.5 Å². The van der Waals surface area contributed by atoms with Crippen molar-refractivity contribution >= 4 is 58.3 Å². The number of imide groups is 2.